The lowest BCUT2D eigenvalue weighted by atomic mass is 9.96. The van der Waals surface area contributed by atoms with Gasteiger partial charge in [-0.3, -0.25) is 0 Å². The molecule has 0 aliphatic carbocycles. The zero-order valence-corrected chi connectivity index (χ0v) is 15.1. The molecule has 0 heterocycles. The fourth-order valence-corrected chi connectivity index (χ4v) is 2.36. The largest absolute Gasteiger partial charge is 0.457 e. The molecule has 0 atom stereocenters. The Bertz CT molecular complexity index is 834. The van der Waals surface area contributed by atoms with E-state index in [9.17, 15) is 9.59 Å². The molecule has 0 saturated heterocycles. The molecule has 0 aliphatic heterocycles. The van der Waals surface area contributed by atoms with Crippen molar-refractivity contribution in [2.75, 3.05) is 0 Å². The lowest BCUT2D eigenvalue weighted by Crippen LogP contribution is -2.10. The third kappa shape index (κ3) is 4.93. The molecule has 0 aliphatic rings. The van der Waals surface area contributed by atoms with E-state index in [2.05, 4.69) is 13.2 Å². The van der Waals surface area contributed by atoms with Gasteiger partial charge in [-0.2, -0.15) is 0 Å². The Hall–Kier alpha value is -3.14. The molecular formula is C22H22O4. The molecule has 0 amide bonds. The second-order valence-corrected chi connectivity index (χ2v) is 6.02. The number of carbonyl (C=O) groups excluding carboxylic acids is 2. The van der Waals surface area contributed by atoms with Crippen molar-refractivity contribution in [3.05, 3.63) is 84.0 Å². The van der Waals surface area contributed by atoms with Crippen molar-refractivity contribution in [3.8, 4) is 11.1 Å². The maximum absolute atomic E-state index is 11.8. The van der Waals surface area contributed by atoms with Gasteiger partial charge in [0.1, 0.15) is 13.2 Å². The summed E-state index contributed by atoms with van der Waals surface area (Å²) >= 11 is 0. The van der Waals surface area contributed by atoms with Gasteiger partial charge in [0.05, 0.1) is 0 Å². The minimum atomic E-state index is -0.460. The van der Waals surface area contributed by atoms with Crippen LogP contribution in [-0.2, 0) is 32.3 Å². The van der Waals surface area contributed by atoms with Crippen molar-refractivity contribution in [1.29, 1.82) is 0 Å². The summed E-state index contributed by atoms with van der Waals surface area (Å²) in [5, 5.41) is 0. The van der Waals surface area contributed by atoms with Gasteiger partial charge in [-0.25, -0.2) is 9.59 Å². The van der Waals surface area contributed by atoms with Gasteiger partial charge in [-0.15, -0.1) is 0 Å². The Labute approximate surface area is 153 Å². The highest BCUT2D eigenvalue weighted by Crippen LogP contribution is 2.28. The molecule has 2 rings (SSSR count). The standard InChI is InChI=1S/C22H22O4/c1-15(2)21(23)25-13-18-11-8-12-19(17-9-6-5-7-10-17)20(18)14-26-22(24)16(3)4/h5-12H,1,3,13-14H2,2,4H3. The maximum atomic E-state index is 11.8. The minimum Gasteiger partial charge on any atom is -0.457 e. The summed E-state index contributed by atoms with van der Waals surface area (Å²) in [5.74, 6) is -0.919. The molecule has 0 saturated carbocycles. The van der Waals surface area contributed by atoms with E-state index in [1.165, 1.54) is 0 Å². The van der Waals surface area contributed by atoms with Crippen LogP contribution in [0, 0.1) is 0 Å². The van der Waals surface area contributed by atoms with E-state index >= 15 is 0 Å². The van der Waals surface area contributed by atoms with Crippen LogP contribution in [0.25, 0.3) is 11.1 Å². The summed E-state index contributed by atoms with van der Waals surface area (Å²) in [4.78, 5) is 23.5. The molecule has 26 heavy (non-hydrogen) atoms. The number of rotatable bonds is 7. The van der Waals surface area contributed by atoms with Gasteiger partial charge in [-0.1, -0.05) is 61.7 Å². The fourth-order valence-electron chi connectivity index (χ4n) is 2.36. The van der Waals surface area contributed by atoms with Gasteiger partial charge in [-0.05, 0) is 30.5 Å². The Kier molecular flexibility index (Phi) is 6.50. The highest BCUT2D eigenvalue weighted by molar-refractivity contribution is 5.87. The average molecular weight is 350 g/mol. The van der Waals surface area contributed by atoms with Crippen LogP contribution in [-0.4, -0.2) is 11.9 Å². The van der Waals surface area contributed by atoms with Gasteiger partial charge in [0, 0.05) is 16.7 Å². The molecule has 134 valence electrons. The van der Waals surface area contributed by atoms with Crippen molar-refractivity contribution in [2.24, 2.45) is 0 Å². The predicted molar refractivity (Wildman–Crippen MR) is 101 cm³/mol. The molecule has 2 aromatic carbocycles. The van der Waals surface area contributed by atoms with Crippen LogP contribution in [0.1, 0.15) is 25.0 Å². The first-order valence-corrected chi connectivity index (χ1v) is 8.21. The van der Waals surface area contributed by atoms with E-state index in [0.29, 0.717) is 11.1 Å². The topological polar surface area (TPSA) is 52.6 Å². The van der Waals surface area contributed by atoms with Crippen molar-refractivity contribution < 1.29 is 19.1 Å². The highest BCUT2D eigenvalue weighted by atomic mass is 16.5. The van der Waals surface area contributed by atoms with Crippen LogP contribution in [0.3, 0.4) is 0 Å². The van der Waals surface area contributed by atoms with Crippen LogP contribution in [0.4, 0.5) is 0 Å². The van der Waals surface area contributed by atoms with Crippen LogP contribution < -0.4 is 0 Å². The summed E-state index contributed by atoms with van der Waals surface area (Å²) in [6.45, 7) is 10.5. The smallest absolute Gasteiger partial charge is 0.333 e. The number of hydrogen-bond donors (Lipinski definition) is 0. The molecule has 0 spiro atoms. The van der Waals surface area contributed by atoms with E-state index in [4.69, 9.17) is 9.47 Å². The van der Waals surface area contributed by atoms with Crippen LogP contribution in [0.15, 0.2) is 72.8 Å². The van der Waals surface area contributed by atoms with E-state index in [-0.39, 0.29) is 13.2 Å². The summed E-state index contributed by atoms with van der Waals surface area (Å²) in [6, 6.07) is 15.4. The molecular weight excluding hydrogens is 328 g/mol. The zero-order valence-electron chi connectivity index (χ0n) is 15.1. The number of hydrogen-bond acceptors (Lipinski definition) is 4. The lowest BCUT2D eigenvalue weighted by molar-refractivity contribution is -0.141. The summed E-state index contributed by atoms with van der Waals surface area (Å²) in [7, 11) is 0. The molecule has 0 aromatic heterocycles. The summed E-state index contributed by atoms with van der Waals surface area (Å²) in [6.07, 6.45) is 0. The first kappa shape index (κ1) is 19.2. The van der Waals surface area contributed by atoms with Crippen LogP contribution in [0.2, 0.25) is 0 Å². The lowest BCUT2D eigenvalue weighted by Gasteiger charge is -2.16. The minimum absolute atomic E-state index is 0.0662. The van der Waals surface area contributed by atoms with Crippen LogP contribution >= 0.6 is 0 Å². The van der Waals surface area contributed by atoms with E-state index < -0.39 is 11.9 Å². The molecule has 0 N–H and O–H groups in total. The van der Waals surface area contributed by atoms with Crippen molar-refractivity contribution in [3.63, 3.8) is 0 Å². The van der Waals surface area contributed by atoms with Gasteiger partial charge in [0.15, 0.2) is 0 Å². The van der Waals surface area contributed by atoms with Gasteiger partial charge < -0.3 is 9.47 Å². The summed E-state index contributed by atoms with van der Waals surface area (Å²) < 4.78 is 10.6. The summed E-state index contributed by atoms with van der Waals surface area (Å²) in [5.41, 5.74) is 4.14. The highest BCUT2D eigenvalue weighted by Gasteiger charge is 2.14. The van der Waals surface area contributed by atoms with Crippen molar-refractivity contribution in [2.45, 2.75) is 27.1 Å². The van der Waals surface area contributed by atoms with Crippen molar-refractivity contribution >= 4 is 11.9 Å². The van der Waals surface area contributed by atoms with E-state index in [1.54, 1.807) is 13.8 Å². The fraction of sp³-hybridized carbons (Fsp3) is 0.182. The van der Waals surface area contributed by atoms with Gasteiger partial charge in [0.2, 0.25) is 0 Å². The first-order chi connectivity index (χ1) is 12.4. The second-order valence-electron chi connectivity index (χ2n) is 6.02. The van der Waals surface area contributed by atoms with Gasteiger partial charge >= 0.3 is 11.9 Å². The Morgan fingerprint density at radius 2 is 1.38 bits per heavy atom. The van der Waals surface area contributed by atoms with Crippen molar-refractivity contribution in [1.82, 2.24) is 0 Å². The third-order valence-corrected chi connectivity index (χ3v) is 3.76. The molecule has 2 aromatic rings. The van der Waals surface area contributed by atoms with Gasteiger partial charge in [0.25, 0.3) is 0 Å². The number of benzene rings is 2. The molecule has 0 radical (unpaired) electrons. The van der Waals surface area contributed by atoms with E-state index in [1.807, 2.05) is 48.5 Å². The molecule has 0 bridgehead atoms. The SMILES string of the molecule is C=C(C)C(=O)OCc1cccc(-c2ccccc2)c1COC(=O)C(=C)C. The normalized spacial score (nSPS) is 10.1. The molecule has 0 unspecified atom stereocenters. The monoisotopic (exact) mass is 350 g/mol. The van der Waals surface area contributed by atoms with Crippen LogP contribution in [0.5, 0.6) is 0 Å². The Morgan fingerprint density at radius 1 is 0.808 bits per heavy atom. The predicted octanol–water partition coefficient (Wildman–Crippen LogP) is 4.59. The average Bonchev–Trinajstić information content (AvgIpc) is 2.64. The second kappa shape index (κ2) is 8.81. The number of esters is 2. The molecule has 4 heteroatoms. The maximum Gasteiger partial charge on any atom is 0.333 e. The molecule has 0 fully saturated rings. The quantitative estimate of drug-likeness (QED) is 0.541. The van der Waals surface area contributed by atoms with E-state index in [0.717, 1.165) is 22.3 Å². The number of carbonyl (C=O) groups is 2. The zero-order chi connectivity index (χ0) is 19.1. The Balaban J connectivity index is 2.36. The molecule has 4 nitrogen and oxygen atoms in total. The third-order valence-electron chi connectivity index (χ3n) is 3.76. The Morgan fingerprint density at radius 3 is 1.96 bits per heavy atom. The number of ether oxygens (including phenoxy) is 2. The first-order valence-electron chi connectivity index (χ1n) is 8.21.